The second kappa shape index (κ2) is 17.2. The van der Waals surface area contributed by atoms with Crippen molar-refractivity contribution >= 4 is 29.2 Å². The van der Waals surface area contributed by atoms with E-state index >= 15 is 0 Å². The second-order valence-electron chi connectivity index (χ2n) is 13.4. The van der Waals surface area contributed by atoms with Crippen LogP contribution in [0, 0.1) is 0 Å². The maximum absolute atomic E-state index is 13.8. The first-order chi connectivity index (χ1) is 26.2. The number of ether oxygens (including phenoxy) is 1. The van der Waals surface area contributed by atoms with Crippen LogP contribution in [0.2, 0.25) is 0 Å². The van der Waals surface area contributed by atoms with E-state index in [1.54, 1.807) is 25.1 Å². The van der Waals surface area contributed by atoms with Crippen molar-refractivity contribution < 1.29 is 60.3 Å². The molecule has 0 saturated heterocycles. The van der Waals surface area contributed by atoms with Crippen LogP contribution in [0.3, 0.4) is 0 Å². The number of phenolic OH excluding ortho intramolecular Hbond substituents is 8. The zero-order valence-electron chi connectivity index (χ0n) is 30.4. The minimum atomic E-state index is -1.81. The Labute approximate surface area is 317 Å². The minimum absolute atomic E-state index is 0.00661. The number of benzene rings is 4. The summed E-state index contributed by atoms with van der Waals surface area (Å²) < 4.78 is 5.60. The molecule has 2 atom stereocenters. The minimum Gasteiger partial charge on any atom is -0.508 e. The highest BCUT2D eigenvalue weighted by molar-refractivity contribution is 5.98. The fraction of sp³-hybridized carbons (Fsp3) is 0.286. The number of rotatable bonds is 15. The Bertz CT molecular complexity index is 2130. The molecule has 10 N–H and O–H groups in total. The molecule has 55 heavy (non-hydrogen) atoms. The van der Waals surface area contributed by atoms with E-state index in [1.165, 1.54) is 30.3 Å². The van der Waals surface area contributed by atoms with Gasteiger partial charge in [0.15, 0.2) is 40.2 Å². The van der Waals surface area contributed by atoms with Gasteiger partial charge in [-0.1, -0.05) is 44.9 Å². The lowest BCUT2D eigenvalue weighted by Gasteiger charge is -2.25. The summed E-state index contributed by atoms with van der Waals surface area (Å²) in [5, 5.41) is 96.6. The molecule has 5 rings (SSSR count). The number of carbonyl (C=O) groups is 2. The van der Waals surface area contributed by atoms with Crippen molar-refractivity contribution in [3.05, 3.63) is 88.5 Å². The lowest BCUT2D eigenvalue weighted by atomic mass is 9.81. The number of hydrogen-bond donors (Lipinski definition) is 10. The number of phenols is 8. The normalized spacial score (nSPS) is 13.8. The summed E-state index contributed by atoms with van der Waals surface area (Å²) >= 11 is 0. The van der Waals surface area contributed by atoms with Gasteiger partial charge in [0.1, 0.15) is 5.75 Å². The van der Waals surface area contributed by atoms with E-state index in [-0.39, 0.29) is 41.5 Å². The maximum Gasteiger partial charge on any atom is 0.345 e. The Morgan fingerprint density at radius 1 is 0.800 bits per heavy atom. The highest BCUT2D eigenvalue weighted by Gasteiger charge is 2.34. The van der Waals surface area contributed by atoms with Gasteiger partial charge in [0.25, 0.3) is 0 Å². The molecule has 0 fully saturated rings. The highest BCUT2D eigenvalue weighted by Crippen LogP contribution is 2.47. The Morgan fingerprint density at radius 3 is 2.11 bits per heavy atom. The van der Waals surface area contributed by atoms with Gasteiger partial charge < -0.3 is 56.0 Å². The third-order valence-corrected chi connectivity index (χ3v) is 9.68. The van der Waals surface area contributed by atoms with Crippen LogP contribution in [0.4, 0.5) is 0 Å². The largest absolute Gasteiger partial charge is 0.508 e. The van der Waals surface area contributed by atoms with E-state index < -0.39 is 47.0 Å². The van der Waals surface area contributed by atoms with Crippen molar-refractivity contribution in [1.82, 2.24) is 5.32 Å². The van der Waals surface area contributed by atoms with E-state index in [0.29, 0.717) is 70.3 Å². The van der Waals surface area contributed by atoms with Gasteiger partial charge in [-0.2, -0.15) is 0 Å². The number of unbranched alkanes of at least 4 members (excludes halogenated alkanes) is 2. The predicted octanol–water partition coefficient (Wildman–Crippen LogP) is 6.84. The van der Waals surface area contributed by atoms with Crippen LogP contribution in [0.15, 0.2) is 60.7 Å². The van der Waals surface area contributed by atoms with Gasteiger partial charge in [0, 0.05) is 24.1 Å². The first-order valence-corrected chi connectivity index (χ1v) is 18.0. The fourth-order valence-electron chi connectivity index (χ4n) is 6.88. The van der Waals surface area contributed by atoms with Crippen LogP contribution in [0.25, 0.3) is 28.3 Å². The standard InChI is InChI=1S/C42H45NO12/c1-3-5-6-8-23(17-38(50)55-41(42(53)54)32(21-43-4-2)25-15-35(47)40(52)36(48)16-25)30-20-37(49)39(51)27-12-11-24(14-31(27)30)29-19-34(46)33(45)18-28(29)22-9-7-10-26(44)13-22/h7,9-10,13-20,32,41,43-49,51-52H,3-6,8,11-12,21H2,1-2H3,(H,53,54)/t32-,41-/m1/s1. The predicted molar refractivity (Wildman–Crippen MR) is 205 cm³/mol. The van der Waals surface area contributed by atoms with Gasteiger partial charge >= 0.3 is 11.9 Å². The summed E-state index contributed by atoms with van der Waals surface area (Å²) in [6, 6.07) is 12.7. The van der Waals surface area contributed by atoms with Gasteiger partial charge in [-0.05, 0) is 119 Å². The average Bonchev–Trinajstić information content (AvgIpc) is 3.15. The molecule has 0 spiro atoms. The van der Waals surface area contributed by atoms with E-state index in [1.807, 2.05) is 6.92 Å². The van der Waals surface area contributed by atoms with Crippen LogP contribution in [0.5, 0.6) is 46.0 Å². The first-order valence-electron chi connectivity index (χ1n) is 18.0. The molecule has 4 aromatic carbocycles. The van der Waals surface area contributed by atoms with E-state index in [2.05, 4.69) is 5.32 Å². The van der Waals surface area contributed by atoms with Crippen molar-refractivity contribution in [1.29, 1.82) is 0 Å². The zero-order valence-corrected chi connectivity index (χ0v) is 30.4. The van der Waals surface area contributed by atoms with Crippen LogP contribution in [-0.2, 0) is 20.7 Å². The van der Waals surface area contributed by atoms with Crippen LogP contribution in [-0.4, -0.2) is 77.1 Å². The number of fused-ring (bicyclic) bond motifs is 1. The van der Waals surface area contributed by atoms with Crippen molar-refractivity contribution in [2.45, 2.75) is 64.4 Å². The molecule has 13 nitrogen and oxygen atoms in total. The topological polar surface area (TPSA) is 237 Å². The lowest BCUT2D eigenvalue weighted by Crippen LogP contribution is -2.38. The third kappa shape index (κ3) is 8.90. The number of likely N-dealkylation sites (N-methyl/N-ethyl adjacent to an activating group) is 1. The number of allylic oxidation sites excluding steroid dienone is 2. The molecule has 0 aromatic heterocycles. The fourth-order valence-corrected chi connectivity index (χ4v) is 6.88. The zero-order chi connectivity index (χ0) is 40.0. The van der Waals surface area contributed by atoms with Crippen LogP contribution < -0.4 is 5.32 Å². The van der Waals surface area contributed by atoms with Crippen molar-refractivity contribution in [3.63, 3.8) is 0 Å². The summed E-state index contributed by atoms with van der Waals surface area (Å²) in [4.78, 5) is 26.4. The summed E-state index contributed by atoms with van der Waals surface area (Å²) in [5.74, 6) is -7.33. The van der Waals surface area contributed by atoms with E-state index in [9.17, 15) is 55.5 Å². The number of aromatic hydroxyl groups is 8. The maximum atomic E-state index is 13.8. The number of carbonyl (C=O) groups excluding carboxylic acids is 1. The van der Waals surface area contributed by atoms with Gasteiger partial charge in [-0.3, -0.25) is 0 Å². The first kappa shape index (κ1) is 39.9. The highest BCUT2D eigenvalue weighted by atomic mass is 16.6. The van der Waals surface area contributed by atoms with Crippen molar-refractivity contribution in [2.24, 2.45) is 0 Å². The SMILES string of the molecule is CCCCCC(=CC(=O)O[C@@H](C(=O)O)[C@H](CNCC)c1cc(O)c(O)c(O)c1)c1cc(O)c(O)c2c1C=C(c1cc(O)c(O)cc1-c1cccc(O)c1)CC2. The van der Waals surface area contributed by atoms with Gasteiger partial charge in [0.05, 0.1) is 0 Å². The molecule has 290 valence electrons. The second-order valence-corrected chi connectivity index (χ2v) is 13.4. The van der Waals surface area contributed by atoms with Crippen LogP contribution in [0.1, 0.15) is 79.7 Å². The molecular formula is C42H45NO12. The Hall–Kier alpha value is -6.34. The molecule has 1 aliphatic carbocycles. The number of hydrogen-bond acceptors (Lipinski definition) is 12. The van der Waals surface area contributed by atoms with Gasteiger partial charge in [-0.15, -0.1) is 0 Å². The number of nitrogens with one attached hydrogen (secondary N) is 1. The summed E-state index contributed by atoms with van der Waals surface area (Å²) in [5.41, 5.74) is 4.00. The molecule has 0 radical (unpaired) electrons. The number of carboxylic acids is 1. The Morgan fingerprint density at radius 2 is 1.47 bits per heavy atom. The quantitative estimate of drug-likeness (QED) is 0.0259. The summed E-state index contributed by atoms with van der Waals surface area (Å²) in [7, 11) is 0. The molecule has 0 saturated carbocycles. The number of aliphatic carboxylic acids is 1. The molecule has 4 aromatic rings. The molecule has 0 aliphatic heterocycles. The lowest BCUT2D eigenvalue weighted by molar-refractivity contribution is -0.162. The smallest absolute Gasteiger partial charge is 0.345 e. The Kier molecular flexibility index (Phi) is 12.5. The molecular weight excluding hydrogens is 710 g/mol. The number of esters is 1. The number of carboxylic acid groups (broad SMARTS) is 1. The average molecular weight is 756 g/mol. The van der Waals surface area contributed by atoms with Gasteiger partial charge in [-0.25, -0.2) is 9.59 Å². The molecule has 0 amide bonds. The molecule has 13 heteroatoms. The molecule has 1 aliphatic rings. The van der Waals surface area contributed by atoms with E-state index in [4.69, 9.17) is 4.74 Å². The summed E-state index contributed by atoms with van der Waals surface area (Å²) in [6.45, 7) is 4.15. The van der Waals surface area contributed by atoms with Crippen molar-refractivity contribution in [2.75, 3.05) is 13.1 Å². The van der Waals surface area contributed by atoms with Crippen molar-refractivity contribution in [3.8, 4) is 57.1 Å². The molecule has 0 heterocycles. The van der Waals surface area contributed by atoms with E-state index in [0.717, 1.165) is 31.1 Å². The third-order valence-electron chi connectivity index (χ3n) is 9.68. The summed E-state index contributed by atoms with van der Waals surface area (Å²) in [6.07, 6.45) is 4.20. The van der Waals surface area contributed by atoms with Gasteiger partial charge in [0.2, 0.25) is 6.10 Å². The van der Waals surface area contributed by atoms with Crippen LogP contribution >= 0.6 is 0 Å². The molecule has 0 unspecified atom stereocenters. The monoisotopic (exact) mass is 755 g/mol. The molecule has 0 bridgehead atoms. The Balaban J connectivity index is 1.62.